The van der Waals surface area contributed by atoms with E-state index < -0.39 is 53.3 Å². The second-order valence-corrected chi connectivity index (χ2v) is 10.6. The molecule has 0 radical (unpaired) electrons. The second-order valence-electron chi connectivity index (χ2n) is 9.70. The number of alkyl halides is 1. The first kappa shape index (κ1) is 30.7. The molecular weight excluding hydrogens is 632 g/mol. The molecule has 1 saturated heterocycles. The monoisotopic (exact) mass is 658 g/mol. The SMILES string of the molecule is O=C(OC[C@@H]1O[C@H](Br)[C@H](OC(=O)c2ccccc2)[C@@H](OC(=O)c2ccccc2)[C@H]1OC(=O)c1ccccc1)c1ccccc1. The minimum absolute atomic E-state index is 0.221. The Morgan fingerprint density at radius 2 is 0.841 bits per heavy atom. The quantitative estimate of drug-likeness (QED) is 0.128. The third kappa shape index (κ3) is 7.58. The summed E-state index contributed by atoms with van der Waals surface area (Å²) in [4.78, 5) is 52.6. The Balaban J connectivity index is 1.48. The minimum atomic E-state index is -1.37. The van der Waals surface area contributed by atoms with Gasteiger partial charge in [0.1, 0.15) is 12.7 Å². The van der Waals surface area contributed by atoms with Gasteiger partial charge in [0.25, 0.3) is 0 Å². The Kier molecular flexibility index (Phi) is 10.2. The summed E-state index contributed by atoms with van der Waals surface area (Å²) in [5.74, 6) is -2.85. The number of rotatable bonds is 9. The van der Waals surface area contributed by atoms with Crippen LogP contribution in [0.15, 0.2) is 121 Å². The Labute approximate surface area is 261 Å². The van der Waals surface area contributed by atoms with Gasteiger partial charge in [0.15, 0.2) is 23.3 Å². The lowest BCUT2D eigenvalue weighted by Crippen LogP contribution is -2.61. The lowest BCUT2D eigenvalue weighted by Gasteiger charge is -2.43. The molecule has 0 N–H and O–H groups in total. The summed E-state index contributed by atoms with van der Waals surface area (Å²) >= 11 is 3.40. The molecule has 0 amide bonds. The molecule has 5 rings (SSSR count). The van der Waals surface area contributed by atoms with E-state index in [1.165, 1.54) is 0 Å². The van der Waals surface area contributed by atoms with E-state index >= 15 is 0 Å². The Morgan fingerprint density at radius 3 is 1.25 bits per heavy atom. The van der Waals surface area contributed by atoms with Crippen molar-refractivity contribution >= 4 is 39.8 Å². The first-order chi connectivity index (χ1) is 21.4. The van der Waals surface area contributed by atoms with Crippen LogP contribution in [0.5, 0.6) is 0 Å². The summed E-state index contributed by atoms with van der Waals surface area (Å²) < 4.78 is 29.3. The predicted molar refractivity (Wildman–Crippen MR) is 161 cm³/mol. The smallest absolute Gasteiger partial charge is 0.338 e. The van der Waals surface area contributed by atoms with Crippen LogP contribution in [0.3, 0.4) is 0 Å². The van der Waals surface area contributed by atoms with Crippen molar-refractivity contribution in [3.63, 3.8) is 0 Å². The molecule has 0 unspecified atom stereocenters. The molecule has 1 aliphatic heterocycles. The standard InChI is InChI=1S/C34H27BrO9/c35-30-29(44-34(39)25-19-11-4-12-20-25)28(43-33(38)24-17-9-3-10-18-24)27(42-32(37)23-15-7-2-8-16-23)26(41-30)21-40-31(36)22-13-5-1-6-14-22/h1-20,26-30H,21H2/t26-,27-,28-,29+,30-/m0/s1. The van der Waals surface area contributed by atoms with Gasteiger partial charge in [0.05, 0.1) is 22.3 Å². The minimum Gasteiger partial charge on any atom is -0.459 e. The van der Waals surface area contributed by atoms with Crippen molar-refractivity contribution in [1.29, 1.82) is 0 Å². The number of carbonyl (C=O) groups excluding carboxylic acids is 4. The topological polar surface area (TPSA) is 114 Å². The van der Waals surface area contributed by atoms with Crippen LogP contribution < -0.4 is 0 Å². The van der Waals surface area contributed by atoms with E-state index in [1.54, 1.807) is 121 Å². The van der Waals surface area contributed by atoms with Gasteiger partial charge in [0, 0.05) is 0 Å². The molecule has 0 saturated carbocycles. The average Bonchev–Trinajstić information content (AvgIpc) is 3.07. The Hall–Kier alpha value is -4.80. The summed E-state index contributed by atoms with van der Waals surface area (Å²) in [5, 5.41) is -1.05. The van der Waals surface area contributed by atoms with Crippen LogP contribution >= 0.6 is 15.9 Å². The van der Waals surface area contributed by atoms with Gasteiger partial charge < -0.3 is 23.7 Å². The normalized spacial score (nSPS) is 21.0. The number of hydrogen-bond acceptors (Lipinski definition) is 9. The molecule has 44 heavy (non-hydrogen) atoms. The molecule has 9 nitrogen and oxygen atoms in total. The lowest BCUT2D eigenvalue weighted by atomic mass is 9.99. The van der Waals surface area contributed by atoms with Crippen molar-refractivity contribution in [3.8, 4) is 0 Å². The maximum absolute atomic E-state index is 13.3. The molecule has 224 valence electrons. The molecular formula is C34H27BrO9. The van der Waals surface area contributed by atoms with Crippen LogP contribution in [0.1, 0.15) is 41.4 Å². The van der Waals surface area contributed by atoms with Gasteiger partial charge in [-0.25, -0.2) is 19.2 Å². The highest BCUT2D eigenvalue weighted by molar-refractivity contribution is 9.09. The van der Waals surface area contributed by atoms with Crippen LogP contribution in [-0.2, 0) is 23.7 Å². The maximum Gasteiger partial charge on any atom is 0.338 e. The molecule has 10 heteroatoms. The van der Waals surface area contributed by atoms with Gasteiger partial charge in [0.2, 0.25) is 0 Å². The van der Waals surface area contributed by atoms with Crippen LogP contribution in [0.4, 0.5) is 0 Å². The fourth-order valence-corrected chi connectivity index (χ4v) is 5.20. The van der Waals surface area contributed by atoms with Crippen LogP contribution in [0.2, 0.25) is 0 Å². The number of carbonyl (C=O) groups is 4. The highest BCUT2D eigenvalue weighted by Crippen LogP contribution is 2.33. The fraction of sp³-hybridized carbons (Fsp3) is 0.176. The summed E-state index contributed by atoms with van der Waals surface area (Å²) in [7, 11) is 0. The molecule has 4 aromatic rings. The first-order valence-electron chi connectivity index (χ1n) is 13.7. The van der Waals surface area contributed by atoms with E-state index in [0.717, 1.165) is 0 Å². The number of esters is 4. The third-order valence-electron chi connectivity index (χ3n) is 6.72. The van der Waals surface area contributed by atoms with E-state index in [4.69, 9.17) is 23.7 Å². The molecule has 1 fully saturated rings. The first-order valence-corrected chi connectivity index (χ1v) is 14.6. The van der Waals surface area contributed by atoms with Gasteiger partial charge >= 0.3 is 23.9 Å². The van der Waals surface area contributed by atoms with Crippen molar-refractivity contribution < 1.29 is 42.9 Å². The zero-order chi connectivity index (χ0) is 30.9. The lowest BCUT2D eigenvalue weighted by molar-refractivity contribution is -0.205. The molecule has 0 spiro atoms. The number of ether oxygens (including phenoxy) is 5. The van der Waals surface area contributed by atoms with Crippen LogP contribution in [0.25, 0.3) is 0 Å². The number of benzene rings is 4. The van der Waals surface area contributed by atoms with Crippen molar-refractivity contribution in [1.82, 2.24) is 0 Å². The molecule has 1 aliphatic rings. The van der Waals surface area contributed by atoms with E-state index in [2.05, 4.69) is 15.9 Å². The maximum atomic E-state index is 13.3. The zero-order valence-corrected chi connectivity index (χ0v) is 24.8. The van der Waals surface area contributed by atoms with Crippen LogP contribution in [-0.4, -0.2) is 59.9 Å². The molecule has 4 aromatic carbocycles. The van der Waals surface area contributed by atoms with Gasteiger partial charge in [-0.15, -0.1) is 0 Å². The third-order valence-corrected chi connectivity index (χ3v) is 7.46. The highest BCUT2D eigenvalue weighted by atomic mass is 79.9. The highest BCUT2D eigenvalue weighted by Gasteiger charge is 2.52. The molecule has 0 bridgehead atoms. The summed E-state index contributed by atoms with van der Waals surface area (Å²) in [6.45, 7) is -0.374. The molecule has 0 aliphatic carbocycles. The largest absolute Gasteiger partial charge is 0.459 e. The second kappa shape index (κ2) is 14.6. The summed E-state index contributed by atoms with van der Waals surface area (Å²) in [5.41, 5.74) is 0.994. The summed E-state index contributed by atoms with van der Waals surface area (Å²) in [6.07, 6.45) is -5.13. The van der Waals surface area contributed by atoms with Gasteiger partial charge in [-0.2, -0.15) is 0 Å². The van der Waals surface area contributed by atoms with Gasteiger partial charge in [-0.05, 0) is 48.5 Å². The van der Waals surface area contributed by atoms with E-state index in [1.807, 2.05) is 0 Å². The molecule has 5 atom stereocenters. The predicted octanol–water partition coefficient (Wildman–Crippen LogP) is 5.64. The average molecular weight is 659 g/mol. The van der Waals surface area contributed by atoms with Gasteiger partial charge in [-0.3, -0.25) is 0 Å². The zero-order valence-electron chi connectivity index (χ0n) is 23.2. The van der Waals surface area contributed by atoms with E-state index in [0.29, 0.717) is 5.56 Å². The van der Waals surface area contributed by atoms with Crippen molar-refractivity contribution in [2.75, 3.05) is 6.61 Å². The number of hydrogen-bond donors (Lipinski definition) is 0. The van der Waals surface area contributed by atoms with E-state index in [-0.39, 0.29) is 23.3 Å². The van der Waals surface area contributed by atoms with E-state index in [9.17, 15) is 19.2 Å². The summed E-state index contributed by atoms with van der Waals surface area (Å²) in [6, 6.07) is 32.9. The van der Waals surface area contributed by atoms with Crippen molar-refractivity contribution in [2.24, 2.45) is 0 Å². The molecule has 0 aromatic heterocycles. The fourth-order valence-electron chi connectivity index (χ4n) is 4.51. The van der Waals surface area contributed by atoms with Gasteiger partial charge in [-0.1, -0.05) is 88.7 Å². The Morgan fingerprint density at radius 1 is 0.500 bits per heavy atom. The van der Waals surface area contributed by atoms with Crippen molar-refractivity contribution in [2.45, 2.75) is 29.4 Å². The molecule has 1 heterocycles. The van der Waals surface area contributed by atoms with Crippen LogP contribution in [0, 0.1) is 0 Å². The van der Waals surface area contributed by atoms with Crippen molar-refractivity contribution in [3.05, 3.63) is 144 Å². The number of halogens is 1. The Bertz CT molecular complexity index is 1570.